The fourth-order valence-electron chi connectivity index (χ4n) is 2.14. The van der Waals surface area contributed by atoms with Crippen molar-refractivity contribution in [1.29, 1.82) is 0 Å². The number of halogens is 2. The zero-order valence-corrected chi connectivity index (χ0v) is 15.5. The molecule has 5 nitrogen and oxygen atoms in total. The topological polar surface area (TPSA) is 60.3 Å². The molecule has 0 radical (unpaired) electrons. The number of hydrogen-bond acceptors (Lipinski definition) is 6. The van der Waals surface area contributed by atoms with Gasteiger partial charge in [0.1, 0.15) is 11.5 Å². The predicted molar refractivity (Wildman–Crippen MR) is 103 cm³/mol. The Kier molecular flexibility index (Phi) is 6.23. The predicted octanol–water partition coefficient (Wildman–Crippen LogP) is 6.07. The van der Waals surface area contributed by atoms with Gasteiger partial charge >= 0.3 is 5.97 Å². The van der Waals surface area contributed by atoms with E-state index >= 15 is 0 Å². The molecule has 0 aliphatic rings. The highest BCUT2D eigenvalue weighted by atomic mass is 32.1. The molecule has 0 unspecified atom stereocenters. The Morgan fingerprint density at radius 3 is 2.36 bits per heavy atom. The Bertz CT molecular complexity index is 993. The van der Waals surface area contributed by atoms with Crippen molar-refractivity contribution in [2.24, 2.45) is 10.2 Å². The molecule has 0 aliphatic heterocycles. The second-order valence-electron chi connectivity index (χ2n) is 5.40. The van der Waals surface area contributed by atoms with Crippen LogP contribution in [-0.4, -0.2) is 13.1 Å². The summed E-state index contributed by atoms with van der Waals surface area (Å²) in [5.41, 5.74) is -0.182. The van der Waals surface area contributed by atoms with Gasteiger partial charge in [-0.15, -0.1) is 16.5 Å². The lowest BCUT2D eigenvalue weighted by atomic mass is 10.3. The van der Waals surface area contributed by atoms with E-state index < -0.39 is 23.3 Å². The summed E-state index contributed by atoms with van der Waals surface area (Å²) in [7, 11) is 1.52. The van der Waals surface area contributed by atoms with Crippen LogP contribution < -0.4 is 9.47 Å². The lowest BCUT2D eigenvalue weighted by Gasteiger charge is -2.04. The molecule has 0 amide bonds. The van der Waals surface area contributed by atoms with Crippen molar-refractivity contribution in [3.63, 3.8) is 0 Å². The first-order chi connectivity index (χ1) is 13.5. The van der Waals surface area contributed by atoms with Crippen LogP contribution in [0.5, 0.6) is 11.5 Å². The van der Waals surface area contributed by atoms with Gasteiger partial charge in [0.2, 0.25) is 0 Å². The molecule has 2 aromatic carbocycles. The highest BCUT2D eigenvalue weighted by Gasteiger charge is 2.13. The molecule has 0 bridgehead atoms. The van der Waals surface area contributed by atoms with E-state index in [0.717, 1.165) is 17.0 Å². The summed E-state index contributed by atoms with van der Waals surface area (Å²) in [6.07, 6.45) is 2.73. The standard InChI is InChI=1S/C20H14F2N2O3S/c1-26-14-6-4-13(5-7-14)23-24-20-17(21)11-15(12-18(20)22)27-19(25)9-8-16-3-2-10-28-16/h2-12H,1H3/b9-8+,24-23?. The normalized spacial score (nSPS) is 11.2. The molecule has 0 atom stereocenters. The molecule has 142 valence electrons. The van der Waals surface area contributed by atoms with Crippen molar-refractivity contribution >= 4 is 34.8 Å². The summed E-state index contributed by atoms with van der Waals surface area (Å²) >= 11 is 1.44. The first kappa shape index (κ1) is 19.4. The van der Waals surface area contributed by atoms with Gasteiger partial charge in [0.05, 0.1) is 12.8 Å². The Hall–Kier alpha value is -3.39. The number of ether oxygens (including phenoxy) is 2. The summed E-state index contributed by atoms with van der Waals surface area (Å²) < 4.78 is 38.3. The summed E-state index contributed by atoms with van der Waals surface area (Å²) in [5, 5.41) is 9.25. The molecule has 0 spiro atoms. The molecular formula is C20H14F2N2O3S. The van der Waals surface area contributed by atoms with E-state index in [4.69, 9.17) is 9.47 Å². The van der Waals surface area contributed by atoms with Crippen molar-refractivity contribution in [2.45, 2.75) is 0 Å². The first-order valence-corrected chi connectivity index (χ1v) is 8.91. The number of carbonyl (C=O) groups is 1. The van der Waals surface area contributed by atoms with Crippen LogP contribution in [0.1, 0.15) is 4.88 Å². The van der Waals surface area contributed by atoms with Gasteiger partial charge < -0.3 is 9.47 Å². The van der Waals surface area contributed by atoms with Crippen molar-refractivity contribution in [1.82, 2.24) is 0 Å². The number of nitrogens with zero attached hydrogens (tertiary/aromatic N) is 2. The van der Waals surface area contributed by atoms with Crippen molar-refractivity contribution in [3.05, 3.63) is 76.5 Å². The van der Waals surface area contributed by atoms with Crippen LogP contribution in [0.4, 0.5) is 20.2 Å². The zero-order chi connectivity index (χ0) is 19.9. The third-order valence-corrected chi connectivity index (χ3v) is 4.31. The van der Waals surface area contributed by atoms with E-state index in [1.807, 2.05) is 17.5 Å². The maximum atomic E-state index is 14.2. The Labute approximate surface area is 163 Å². The number of hydrogen-bond donors (Lipinski definition) is 0. The van der Waals surface area contributed by atoms with Gasteiger partial charge in [-0.2, -0.15) is 5.11 Å². The minimum absolute atomic E-state index is 0.265. The maximum Gasteiger partial charge on any atom is 0.336 e. The van der Waals surface area contributed by atoms with Crippen molar-refractivity contribution < 1.29 is 23.0 Å². The molecule has 0 saturated heterocycles. The van der Waals surface area contributed by atoms with E-state index in [-0.39, 0.29) is 5.75 Å². The van der Waals surface area contributed by atoms with Crippen LogP contribution in [0.15, 0.2) is 70.2 Å². The van der Waals surface area contributed by atoms with Crippen LogP contribution in [0.3, 0.4) is 0 Å². The molecule has 0 aliphatic carbocycles. The summed E-state index contributed by atoms with van der Waals surface area (Å²) in [5.74, 6) is -2.39. The lowest BCUT2D eigenvalue weighted by Crippen LogP contribution is -2.04. The van der Waals surface area contributed by atoms with E-state index in [9.17, 15) is 13.6 Å². The second-order valence-corrected chi connectivity index (χ2v) is 6.38. The van der Waals surface area contributed by atoms with Gasteiger partial charge in [0.25, 0.3) is 0 Å². The van der Waals surface area contributed by atoms with Gasteiger partial charge in [0.15, 0.2) is 17.3 Å². The number of thiophene rings is 1. The average molecular weight is 400 g/mol. The van der Waals surface area contributed by atoms with E-state index in [1.165, 1.54) is 24.5 Å². The number of benzene rings is 2. The highest BCUT2D eigenvalue weighted by Crippen LogP contribution is 2.29. The van der Waals surface area contributed by atoms with Gasteiger partial charge in [-0.05, 0) is 41.8 Å². The highest BCUT2D eigenvalue weighted by molar-refractivity contribution is 7.10. The number of carbonyl (C=O) groups excluding carboxylic acids is 1. The molecular weight excluding hydrogens is 386 g/mol. The van der Waals surface area contributed by atoms with Crippen LogP contribution in [0.2, 0.25) is 0 Å². The van der Waals surface area contributed by atoms with Crippen molar-refractivity contribution in [2.75, 3.05) is 7.11 Å². The second kappa shape index (κ2) is 9.01. The molecule has 1 aromatic heterocycles. The minimum Gasteiger partial charge on any atom is -0.497 e. The molecule has 0 saturated carbocycles. The molecule has 28 heavy (non-hydrogen) atoms. The van der Waals surface area contributed by atoms with E-state index in [1.54, 1.807) is 30.3 Å². The monoisotopic (exact) mass is 400 g/mol. The number of esters is 1. The Balaban J connectivity index is 1.71. The molecule has 8 heteroatoms. The van der Waals surface area contributed by atoms with Gasteiger partial charge in [-0.25, -0.2) is 13.6 Å². The first-order valence-electron chi connectivity index (χ1n) is 8.03. The molecule has 3 rings (SSSR count). The third kappa shape index (κ3) is 5.08. The Morgan fingerprint density at radius 1 is 1.04 bits per heavy atom. The third-order valence-electron chi connectivity index (χ3n) is 3.47. The maximum absolute atomic E-state index is 14.2. The van der Waals surface area contributed by atoms with Crippen molar-refractivity contribution in [3.8, 4) is 11.5 Å². The molecule has 3 aromatic rings. The Morgan fingerprint density at radius 2 is 1.75 bits per heavy atom. The molecule has 0 N–H and O–H groups in total. The van der Waals surface area contributed by atoms with Crippen LogP contribution >= 0.6 is 11.3 Å². The summed E-state index contributed by atoms with van der Waals surface area (Å²) in [6.45, 7) is 0. The van der Waals surface area contributed by atoms with Gasteiger partial charge in [0, 0.05) is 23.1 Å². The fraction of sp³-hybridized carbons (Fsp3) is 0.0500. The molecule has 1 heterocycles. The number of azo groups is 1. The van der Waals surface area contributed by atoms with Crippen LogP contribution in [0, 0.1) is 11.6 Å². The van der Waals surface area contributed by atoms with Gasteiger partial charge in [-0.1, -0.05) is 6.07 Å². The minimum atomic E-state index is -0.998. The van der Waals surface area contributed by atoms with E-state index in [2.05, 4.69) is 10.2 Å². The number of methoxy groups -OCH3 is 1. The van der Waals surface area contributed by atoms with Crippen LogP contribution in [0.25, 0.3) is 6.08 Å². The average Bonchev–Trinajstić information content (AvgIpc) is 3.20. The van der Waals surface area contributed by atoms with E-state index in [0.29, 0.717) is 11.4 Å². The quantitative estimate of drug-likeness (QED) is 0.218. The summed E-state index contributed by atoms with van der Waals surface area (Å²) in [6, 6.07) is 11.9. The molecule has 0 fully saturated rings. The smallest absolute Gasteiger partial charge is 0.336 e. The van der Waals surface area contributed by atoms with Gasteiger partial charge in [-0.3, -0.25) is 0 Å². The number of rotatable bonds is 6. The van der Waals surface area contributed by atoms with Crippen LogP contribution in [-0.2, 0) is 4.79 Å². The summed E-state index contributed by atoms with van der Waals surface area (Å²) in [4.78, 5) is 12.6. The largest absolute Gasteiger partial charge is 0.497 e. The SMILES string of the molecule is COc1ccc(N=Nc2c(F)cc(OC(=O)/C=C/c3cccs3)cc2F)cc1. The zero-order valence-electron chi connectivity index (χ0n) is 14.6. The lowest BCUT2D eigenvalue weighted by molar-refractivity contribution is -0.128. The fourth-order valence-corrected chi connectivity index (χ4v) is 2.76.